The van der Waals surface area contributed by atoms with E-state index in [1.807, 2.05) is 0 Å². The van der Waals surface area contributed by atoms with Gasteiger partial charge in [-0.25, -0.2) is 4.79 Å². The highest BCUT2D eigenvalue weighted by atomic mass is 16.5. The van der Waals surface area contributed by atoms with E-state index in [4.69, 9.17) is 9.84 Å². The van der Waals surface area contributed by atoms with Crippen molar-refractivity contribution in [1.82, 2.24) is 0 Å². The summed E-state index contributed by atoms with van der Waals surface area (Å²) < 4.78 is 5.40. The highest BCUT2D eigenvalue weighted by molar-refractivity contribution is 5.92. The van der Waals surface area contributed by atoms with E-state index in [1.54, 1.807) is 6.92 Å². The van der Waals surface area contributed by atoms with Crippen molar-refractivity contribution in [3.05, 3.63) is 107 Å². The number of aliphatic hydroxyl groups excluding tert-OH is 2. The second-order valence-electron chi connectivity index (χ2n) is 10.3. The Morgan fingerprint density at radius 1 is 0.744 bits per heavy atom. The molecule has 0 heterocycles. The summed E-state index contributed by atoms with van der Waals surface area (Å²) in [5, 5.41) is 21.2. The number of hydrogen-bond donors (Lipinski definition) is 2. The maximum absolute atomic E-state index is 11.9. The second kappa shape index (κ2) is 12.9. The Bertz CT molecular complexity index is 1500. The number of benzene rings is 4. The molecule has 0 radical (unpaired) electrons. The largest absolute Gasteiger partial charge is 0.462 e. The Morgan fingerprint density at radius 3 is 2.00 bits per heavy atom. The first-order valence-electron chi connectivity index (χ1n) is 13.6. The molecule has 0 aliphatic heterocycles. The summed E-state index contributed by atoms with van der Waals surface area (Å²) in [5.41, 5.74) is 10.8. The van der Waals surface area contributed by atoms with E-state index in [1.165, 1.54) is 22.3 Å². The van der Waals surface area contributed by atoms with Crippen molar-refractivity contribution >= 4 is 16.7 Å². The van der Waals surface area contributed by atoms with Crippen molar-refractivity contribution in [1.29, 1.82) is 0 Å². The van der Waals surface area contributed by atoms with Crippen molar-refractivity contribution in [3.63, 3.8) is 0 Å². The maximum Gasteiger partial charge on any atom is 0.333 e. The molecule has 0 bridgehead atoms. The summed E-state index contributed by atoms with van der Waals surface area (Å²) in [4.78, 5) is 11.9. The molecule has 4 rings (SSSR count). The van der Waals surface area contributed by atoms with E-state index in [2.05, 4.69) is 87.2 Å². The average Bonchev–Trinajstić information content (AvgIpc) is 2.91. The molecule has 0 aliphatic rings. The third-order valence-electron chi connectivity index (χ3n) is 7.19. The summed E-state index contributed by atoms with van der Waals surface area (Å²) in [6.07, 6.45) is 2.80. The SMILES string of the molecule is C=C(C)C(=O)OCCc1cc(C)cc(CCO)c1-c1ccc2cc(-c3ccc(CCCO)c(C)c3)ccc2c1. The van der Waals surface area contributed by atoms with Crippen LogP contribution >= 0.6 is 0 Å². The summed E-state index contributed by atoms with van der Waals surface area (Å²) in [7, 11) is 0. The van der Waals surface area contributed by atoms with E-state index < -0.39 is 0 Å². The highest BCUT2D eigenvalue weighted by Crippen LogP contribution is 2.34. The average molecular weight is 523 g/mol. The molecule has 4 aromatic rings. The quantitative estimate of drug-likeness (QED) is 0.166. The summed E-state index contributed by atoms with van der Waals surface area (Å²) >= 11 is 0. The van der Waals surface area contributed by atoms with Crippen LogP contribution in [0.25, 0.3) is 33.0 Å². The molecule has 4 heteroatoms. The lowest BCUT2D eigenvalue weighted by atomic mass is 9.88. The van der Waals surface area contributed by atoms with Crippen LogP contribution in [0.5, 0.6) is 0 Å². The van der Waals surface area contributed by atoms with Gasteiger partial charge in [0.2, 0.25) is 0 Å². The molecule has 0 aliphatic carbocycles. The predicted octanol–water partition coefficient (Wildman–Crippen LogP) is 6.91. The van der Waals surface area contributed by atoms with E-state index in [9.17, 15) is 9.90 Å². The Kier molecular flexibility index (Phi) is 9.34. The number of carbonyl (C=O) groups excluding carboxylic acids is 1. The minimum absolute atomic E-state index is 0.0652. The van der Waals surface area contributed by atoms with Crippen LogP contribution < -0.4 is 0 Å². The number of carbonyl (C=O) groups is 1. The molecule has 0 spiro atoms. The Labute approximate surface area is 231 Å². The van der Waals surface area contributed by atoms with Gasteiger partial charge in [0, 0.05) is 25.2 Å². The summed E-state index contributed by atoms with van der Waals surface area (Å²) in [6.45, 7) is 10.0. The number of esters is 1. The van der Waals surface area contributed by atoms with Crippen molar-refractivity contribution < 1.29 is 19.7 Å². The molecule has 0 unspecified atom stereocenters. The van der Waals surface area contributed by atoms with Gasteiger partial charge in [0.1, 0.15) is 0 Å². The van der Waals surface area contributed by atoms with E-state index in [0.29, 0.717) is 18.4 Å². The molecule has 0 atom stereocenters. The fraction of sp³-hybridized carbons (Fsp3) is 0.286. The molecule has 0 saturated carbocycles. The van der Waals surface area contributed by atoms with Gasteiger partial charge in [0.05, 0.1) is 6.61 Å². The van der Waals surface area contributed by atoms with Gasteiger partial charge in [-0.15, -0.1) is 0 Å². The zero-order valence-electron chi connectivity index (χ0n) is 23.2. The lowest BCUT2D eigenvalue weighted by Crippen LogP contribution is -2.09. The minimum Gasteiger partial charge on any atom is -0.462 e. The smallest absolute Gasteiger partial charge is 0.333 e. The molecule has 2 N–H and O–H groups in total. The van der Waals surface area contributed by atoms with Crippen LogP contribution in [0.3, 0.4) is 0 Å². The van der Waals surface area contributed by atoms with Gasteiger partial charge in [0.15, 0.2) is 0 Å². The molecule has 0 aromatic heterocycles. The fourth-order valence-corrected chi connectivity index (χ4v) is 5.21. The Hall–Kier alpha value is -3.73. The zero-order chi connectivity index (χ0) is 27.9. The van der Waals surface area contributed by atoms with Crippen molar-refractivity contribution in [3.8, 4) is 22.3 Å². The lowest BCUT2D eigenvalue weighted by Gasteiger charge is -2.18. The van der Waals surface area contributed by atoms with Crippen molar-refractivity contribution in [2.45, 2.75) is 46.5 Å². The standard InChI is InChI=1S/C35H38O4/c1-23(2)35(38)39-17-14-33-19-24(3)18-32(13-16-37)34(33)31-12-11-29-21-28(9-10-30(29)22-31)27-8-7-26(6-5-15-36)25(4)20-27/h7-12,18-22,36-37H,1,5-6,13-17H2,2-4H3. The third-order valence-corrected chi connectivity index (χ3v) is 7.19. The molecule has 0 saturated heterocycles. The van der Waals surface area contributed by atoms with Gasteiger partial charge in [-0.05, 0) is 107 Å². The van der Waals surface area contributed by atoms with Crippen LogP contribution in [-0.4, -0.2) is 36.0 Å². The van der Waals surface area contributed by atoms with E-state index >= 15 is 0 Å². The third kappa shape index (κ3) is 6.83. The van der Waals surface area contributed by atoms with Crippen LogP contribution in [0.2, 0.25) is 0 Å². The predicted molar refractivity (Wildman–Crippen MR) is 160 cm³/mol. The molecule has 4 nitrogen and oxygen atoms in total. The van der Waals surface area contributed by atoms with Gasteiger partial charge in [-0.3, -0.25) is 0 Å². The number of rotatable bonds is 11. The number of ether oxygens (including phenoxy) is 1. The van der Waals surface area contributed by atoms with Gasteiger partial charge in [-0.2, -0.15) is 0 Å². The topological polar surface area (TPSA) is 66.8 Å². The molecule has 39 heavy (non-hydrogen) atoms. The second-order valence-corrected chi connectivity index (χ2v) is 10.3. The fourth-order valence-electron chi connectivity index (χ4n) is 5.21. The monoisotopic (exact) mass is 522 g/mol. The number of hydrogen-bond acceptors (Lipinski definition) is 4. The normalized spacial score (nSPS) is 11.1. The van der Waals surface area contributed by atoms with Gasteiger partial charge in [0.25, 0.3) is 0 Å². The maximum atomic E-state index is 11.9. The van der Waals surface area contributed by atoms with Gasteiger partial charge in [-0.1, -0.05) is 66.7 Å². The van der Waals surface area contributed by atoms with Gasteiger partial charge < -0.3 is 14.9 Å². The molecular weight excluding hydrogens is 484 g/mol. The molecule has 0 amide bonds. The van der Waals surface area contributed by atoms with Crippen LogP contribution in [0.1, 0.15) is 41.2 Å². The number of fused-ring (bicyclic) bond motifs is 1. The lowest BCUT2D eigenvalue weighted by molar-refractivity contribution is -0.138. The first-order valence-corrected chi connectivity index (χ1v) is 13.6. The number of aryl methyl sites for hydroxylation is 3. The van der Waals surface area contributed by atoms with Gasteiger partial charge >= 0.3 is 5.97 Å². The zero-order valence-corrected chi connectivity index (χ0v) is 23.2. The first-order chi connectivity index (χ1) is 18.8. The Morgan fingerprint density at radius 2 is 1.36 bits per heavy atom. The van der Waals surface area contributed by atoms with Crippen molar-refractivity contribution in [2.24, 2.45) is 0 Å². The van der Waals surface area contributed by atoms with Crippen LogP contribution in [0.15, 0.2) is 78.9 Å². The van der Waals surface area contributed by atoms with Crippen LogP contribution in [0, 0.1) is 13.8 Å². The first kappa shape index (κ1) is 28.3. The minimum atomic E-state index is -0.378. The molecule has 202 valence electrons. The number of aliphatic hydroxyl groups is 2. The Balaban J connectivity index is 1.68. The van der Waals surface area contributed by atoms with Crippen molar-refractivity contribution in [2.75, 3.05) is 19.8 Å². The summed E-state index contributed by atoms with van der Waals surface area (Å²) in [6, 6.07) is 23.9. The molecular formula is C35H38O4. The van der Waals surface area contributed by atoms with E-state index in [0.717, 1.165) is 51.4 Å². The highest BCUT2D eigenvalue weighted by Gasteiger charge is 2.14. The molecule has 0 fully saturated rings. The van der Waals surface area contributed by atoms with Crippen LogP contribution in [-0.2, 0) is 28.8 Å². The molecule has 4 aromatic carbocycles. The van der Waals surface area contributed by atoms with E-state index in [-0.39, 0.29) is 25.8 Å². The summed E-state index contributed by atoms with van der Waals surface area (Å²) in [5.74, 6) is -0.378. The van der Waals surface area contributed by atoms with Crippen LogP contribution in [0.4, 0.5) is 0 Å².